The van der Waals surface area contributed by atoms with Crippen LogP contribution in [0.1, 0.15) is 0 Å². The predicted molar refractivity (Wildman–Crippen MR) is 5.40 cm³/mol. The Labute approximate surface area is 133 Å². The van der Waals surface area contributed by atoms with Crippen LogP contribution >= 0.6 is 0 Å². The molecule has 3 nitrogen and oxygen atoms in total. The maximum atomic E-state index is 8.33. The van der Waals surface area contributed by atoms with E-state index in [2.05, 4.69) is 0 Å². The molecular formula is CNa3O3Zr+5. The third-order valence-electron chi connectivity index (χ3n) is 0. The number of carbonyl (C=O) groups excluding carboxylic acids is 1. The SMILES string of the molecule is O=C([O-])[O-].[Na+].[Na+].[Na+].[Zr+4]. The molecule has 0 N–H and O–H groups in total. The topological polar surface area (TPSA) is 63.2 Å². The maximum Gasteiger partial charge on any atom is 4.00 e. The first kappa shape index (κ1) is 30.4. The Hall–Kier alpha value is 3.15. The molecule has 0 unspecified atom stereocenters. The van der Waals surface area contributed by atoms with E-state index in [0.717, 1.165) is 0 Å². The molecular weight excluding hydrogens is 220 g/mol. The Kier molecular flexibility index (Phi) is 85.3. The molecule has 8 heavy (non-hydrogen) atoms. The molecule has 0 aliphatic carbocycles. The third kappa shape index (κ3) is 61.2. The number of hydrogen-bond acceptors (Lipinski definition) is 3. The molecule has 0 aliphatic heterocycles. The van der Waals surface area contributed by atoms with E-state index in [1.54, 1.807) is 0 Å². The van der Waals surface area contributed by atoms with Gasteiger partial charge in [-0.1, -0.05) is 0 Å². The molecule has 0 radical (unpaired) electrons. The van der Waals surface area contributed by atoms with Crippen LogP contribution in [0.15, 0.2) is 0 Å². The Morgan fingerprint density at radius 2 is 1.00 bits per heavy atom. The molecule has 0 aromatic rings. The van der Waals surface area contributed by atoms with Gasteiger partial charge in [0.2, 0.25) is 0 Å². The van der Waals surface area contributed by atoms with Crippen LogP contribution in [-0.2, 0) is 26.2 Å². The minimum absolute atomic E-state index is 0. The first-order valence-electron chi connectivity index (χ1n) is 0.612. The molecule has 0 heterocycles. The van der Waals surface area contributed by atoms with Crippen LogP contribution in [0.5, 0.6) is 0 Å². The zero-order chi connectivity index (χ0) is 3.58. The summed E-state index contributed by atoms with van der Waals surface area (Å²) < 4.78 is 0. The van der Waals surface area contributed by atoms with Crippen LogP contribution in [0.3, 0.4) is 0 Å². The summed E-state index contributed by atoms with van der Waals surface area (Å²) in [4.78, 5) is 8.33. The molecule has 0 saturated carbocycles. The summed E-state index contributed by atoms with van der Waals surface area (Å²) in [5, 5.41) is 16.7. The van der Waals surface area contributed by atoms with Crippen LogP contribution in [-0.4, -0.2) is 6.16 Å². The van der Waals surface area contributed by atoms with Gasteiger partial charge in [0.15, 0.2) is 0 Å². The van der Waals surface area contributed by atoms with E-state index in [0.29, 0.717) is 0 Å². The van der Waals surface area contributed by atoms with Crippen molar-refractivity contribution in [1.82, 2.24) is 0 Å². The fourth-order valence-corrected chi connectivity index (χ4v) is 0. The van der Waals surface area contributed by atoms with Gasteiger partial charge < -0.3 is 15.0 Å². The zero-order valence-corrected chi connectivity index (χ0v) is 13.7. The molecule has 0 aromatic heterocycles. The van der Waals surface area contributed by atoms with Gasteiger partial charge in [-0.2, -0.15) is 0 Å². The average molecular weight is 220 g/mol. The minimum Gasteiger partial charge on any atom is -0.652 e. The first-order valence-corrected chi connectivity index (χ1v) is 0.612. The Balaban J connectivity index is -0.00000000750. The van der Waals surface area contributed by atoms with Crippen LogP contribution in [0.25, 0.3) is 0 Å². The van der Waals surface area contributed by atoms with Gasteiger partial charge in [0.1, 0.15) is 0 Å². The van der Waals surface area contributed by atoms with Crippen LogP contribution < -0.4 is 98.9 Å². The van der Waals surface area contributed by atoms with Crippen LogP contribution in [0.4, 0.5) is 4.79 Å². The van der Waals surface area contributed by atoms with Crippen molar-refractivity contribution in [2.24, 2.45) is 0 Å². The molecule has 7 heteroatoms. The van der Waals surface area contributed by atoms with Crippen molar-refractivity contribution < 1.29 is 130 Å². The number of carboxylic acid groups (broad SMARTS) is 2. The molecule has 0 rings (SSSR count). The predicted octanol–water partition coefficient (Wildman–Crippen LogP) is -11.4. The van der Waals surface area contributed by atoms with E-state index in [9.17, 15) is 0 Å². The summed E-state index contributed by atoms with van der Waals surface area (Å²) in [7, 11) is 0. The van der Waals surface area contributed by atoms with Gasteiger partial charge in [-0.15, -0.1) is 0 Å². The zero-order valence-electron chi connectivity index (χ0n) is 5.22. The van der Waals surface area contributed by atoms with Crippen LogP contribution in [0, 0.1) is 0 Å². The molecule has 0 aromatic carbocycles. The second-order valence-electron chi connectivity index (χ2n) is 0.250. The van der Waals surface area contributed by atoms with Crippen molar-refractivity contribution in [3.63, 3.8) is 0 Å². The van der Waals surface area contributed by atoms with Crippen molar-refractivity contribution in [2.75, 3.05) is 0 Å². The largest absolute Gasteiger partial charge is 4.00 e. The van der Waals surface area contributed by atoms with Crippen molar-refractivity contribution >= 4 is 6.16 Å². The monoisotopic (exact) mass is 219 g/mol. The number of rotatable bonds is 0. The van der Waals surface area contributed by atoms with E-state index in [4.69, 9.17) is 15.0 Å². The van der Waals surface area contributed by atoms with E-state index in [1.807, 2.05) is 0 Å². The van der Waals surface area contributed by atoms with Gasteiger partial charge >= 0.3 is 115 Å². The van der Waals surface area contributed by atoms with E-state index in [1.165, 1.54) is 0 Å². The minimum atomic E-state index is -2.33. The molecule has 0 spiro atoms. The van der Waals surface area contributed by atoms with Gasteiger partial charge in [0, 0.05) is 0 Å². The van der Waals surface area contributed by atoms with E-state index < -0.39 is 6.16 Å². The Bertz CT molecular complexity index is 37.5. The second-order valence-corrected chi connectivity index (χ2v) is 0.250. The summed E-state index contributed by atoms with van der Waals surface area (Å²) in [5.74, 6) is 0. The summed E-state index contributed by atoms with van der Waals surface area (Å²) in [6.07, 6.45) is -2.33. The van der Waals surface area contributed by atoms with E-state index >= 15 is 0 Å². The molecule has 0 fully saturated rings. The van der Waals surface area contributed by atoms with Crippen molar-refractivity contribution in [2.45, 2.75) is 0 Å². The quantitative estimate of drug-likeness (QED) is 0.381. The van der Waals surface area contributed by atoms with Crippen molar-refractivity contribution in [3.05, 3.63) is 0 Å². The summed E-state index contributed by atoms with van der Waals surface area (Å²) in [6, 6.07) is 0. The van der Waals surface area contributed by atoms with Crippen molar-refractivity contribution in [3.8, 4) is 0 Å². The smallest absolute Gasteiger partial charge is 0.652 e. The van der Waals surface area contributed by atoms with Gasteiger partial charge in [-0.05, 0) is 6.16 Å². The fourth-order valence-electron chi connectivity index (χ4n) is 0. The molecule has 0 bridgehead atoms. The first-order chi connectivity index (χ1) is 1.73. The molecule has 0 amide bonds. The summed E-state index contributed by atoms with van der Waals surface area (Å²) in [6.45, 7) is 0. The second kappa shape index (κ2) is 22.5. The van der Waals surface area contributed by atoms with Gasteiger partial charge in [0.25, 0.3) is 0 Å². The van der Waals surface area contributed by atoms with Crippen LogP contribution in [0.2, 0.25) is 0 Å². The van der Waals surface area contributed by atoms with Gasteiger partial charge in [-0.25, -0.2) is 0 Å². The standard InChI is InChI=1S/CH2O3.3Na.Zr/c2-1(3)4;;;;/h(H2,2,3,4);;;;/q;3*+1;+4/p-2. The Morgan fingerprint density at radius 3 is 1.00 bits per heavy atom. The molecule has 24 valence electrons. The molecule has 0 atom stereocenters. The summed E-state index contributed by atoms with van der Waals surface area (Å²) in [5.41, 5.74) is 0. The molecule has 0 aliphatic rings. The number of hydrogen-bond donors (Lipinski definition) is 0. The van der Waals surface area contributed by atoms with E-state index in [-0.39, 0.29) is 115 Å². The van der Waals surface area contributed by atoms with Gasteiger partial charge in [0.05, 0.1) is 0 Å². The Morgan fingerprint density at radius 1 is 1.00 bits per heavy atom. The summed E-state index contributed by atoms with van der Waals surface area (Å²) >= 11 is 0. The van der Waals surface area contributed by atoms with Gasteiger partial charge in [-0.3, -0.25) is 0 Å². The fraction of sp³-hybridized carbons (Fsp3) is 0. The maximum absolute atomic E-state index is 8.33. The van der Waals surface area contributed by atoms with Crippen molar-refractivity contribution in [1.29, 1.82) is 0 Å². The number of carbonyl (C=O) groups is 1. The normalized spacial score (nSPS) is 3.00. The molecule has 0 saturated heterocycles. The third-order valence-corrected chi connectivity index (χ3v) is 0. The average Bonchev–Trinajstić information content (AvgIpc) is 0.811.